The number of morpholine rings is 1. The standard InChI is InChI=1S/C21H28N4O2/c1-13-9-19(16(4)25(13)18-6-7-18)21(26)23-17-5-8-20(22-10-17)24-11-14(2)27-15(3)12-24/h5,8-10,14-15,18H,6-7,11-12H2,1-4H3,(H,23,26)/t14-,15+. The molecule has 1 aliphatic carbocycles. The highest BCUT2D eigenvalue weighted by Gasteiger charge is 2.28. The Morgan fingerprint density at radius 2 is 1.89 bits per heavy atom. The summed E-state index contributed by atoms with van der Waals surface area (Å²) in [6.07, 6.45) is 4.54. The summed E-state index contributed by atoms with van der Waals surface area (Å²) in [4.78, 5) is 19.5. The molecule has 1 N–H and O–H groups in total. The first-order chi connectivity index (χ1) is 12.9. The molecule has 2 fully saturated rings. The molecule has 0 radical (unpaired) electrons. The Balaban J connectivity index is 1.45. The summed E-state index contributed by atoms with van der Waals surface area (Å²) >= 11 is 0. The number of hydrogen-bond acceptors (Lipinski definition) is 4. The fraction of sp³-hybridized carbons (Fsp3) is 0.524. The van der Waals surface area contributed by atoms with Gasteiger partial charge in [-0.05, 0) is 58.7 Å². The Bertz CT molecular complexity index is 829. The number of nitrogens with zero attached hydrogens (tertiary/aromatic N) is 3. The molecular weight excluding hydrogens is 340 g/mol. The second-order valence-electron chi connectivity index (χ2n) is 7.91. The fourth-order valence-electron chi connectivity index (χ4n) is 4.11. The molecule has 0 unspecified atom stereocenters. The predicted octanol–water partition coefficient (Wildman–Crippen LogP) is 3.70. The topological polar surface area (TPSA) is 59.4 Å². The van der Waals surface area contributed by atoms with Crippen molar-refractivity contribution in [2.45, 2.75) is 58.8 Å². The molecule has 1 saturated carbocycles. The first kappa shape index (κ1) is 18.0. The SMILES string of the molecule is Cc1cc(C(=O)Nc2ccc(N3C[C@@H](C)O[C@@H](C)C3)nc2)c(C)n1C1CC1. The molecule has 0 aromatic carbocycles. The number of anilines is 2. The van der Waals surface area contributed by atoms with Gasteiger partial charge in [0.1, 0.15) is 5.82 Å². The van der Waals surface area contributed by atoms with E-state index in [1.165, 1.54) is 12.8 Å². The summed E-state index contributed by atoms with van der Waals surface area (Å²) in [5, 5.41) is 2.99. The van der Waals surface area contributed by atoms with Crippen LogP contribution in [-0.2, 0) is 4.74 Å². The van der Waals surface area contributed by atoms with E-state index in [1.807, 2.05) is 25.1 Å². The monoisotopic (exact) mass is 368 g/mol. The Morgan fingerprint density at radius 1 is 1.19 bits per heavy atom. The van der Waals surface area contributed by atoms with Crippen LogP contribution in [-0.4, -0.2) is 40.8 Å². The minimum atomic E-state index is -0.0711. The van der Waals surface area contributed by atoms with Crippen LogP contribution in [0.4, 0.5) is 11.5 Å². The van der Waals surface area contributed by atoms with Gasteiger partial charge in [-0.25, -0.2) is 4.98 Å². The van der Waals surface area contributed by atoms with Crippen LogP contribution in [0.2, 0.25) is 0 Å². The van der Waals surface area contributed by atoms with Crippen LogP contribution in [0.15, 0.2) is 24.4 Å². The maximum atomic E-state index is 12.7. The van der Waals surface area contributed by atoms with Crippen molar-refractivity contribution >= 4 is 17.4 Å². The van der Waals surface area contributed by atoms with Crippen molar-refractivity contribution in [1.29, 1.82) is 0 Å². The molecule has 1 saturated heterocycles. The van der Waals surface area contributed by atoms with Gasteiger partial charge in [0.15, 0.2) is 0 Å². The highest BCUT2D eigenvalue weighted by molar-refractivity contribution is 6.05. The largest absolute Gasteiger partial charge is 0.372 e. The van der Waals surface area contributed by atoms with Crippen molar-refractivity contribution in [3.63, 3.8) is 0 Å². The fourth-order valence-corrected chi connectivity index (χ4v) is 4.11. The van der Waals surface area contributed by atoms with Crippen LogP contribution in [0.25, 0.3) is 0 Å². The van der Waals surface area contributed by atoms with E-state index in [4.69, 9.17) is 4.74 Å². The molecule has 6 heteroatoms. The lowest BCUT2D eigenvalue weighted by molar-refractivity contribution is -0.00545. The van der Waals surface area contributed by atoms with Crippen molar-refractivity contribution in [1.82, 2.24) is 9.55 Å². The average molecular weight is 368 g/mol. The van der Waals surface area contributed by atoms with E-state index < -0.39 is 0 Å². The van der Waals surface area contributed by atoms with Crippen LogP contribution < -0.4 is 10.2 Å². The molecule has 2 atom stereocenters. The summed E-state index contributed by atoms with van der Waals surface area (Å²) in [7, 11) is 0. The predicted molar refractivity (Wildman–Crippen MR) is 107 cm³/mol. The molecule has 27 heavy (non-hydrogen) atoms. The Morgan fingerprint density at radius 3 is 2.48 bits per heavy atom. The summed E-state index contributed by atoms with van der Waals surface area (Å²) < 4.78 is 8.07. The molecule has 3 heterocycles. The number of aryl methyl sites for hydroxylation is 1. The van der Waals surface area contributed by atoms with E-state index in [-0.39, 0.29) is 18.1 Å². The molecule has 1 amide bonds. The normalized spacial score (nSPS) is 22.7. The molecule has 2 aromatic heterocycles. The minimum absolute atomic E-state index is 0.0711. The number of nitrogens with one attached hydrogen (secondary N) is 1. The zero-order chi connectivity index (χ0) is 19.1. The minimum Gasteiger partial charge on any atom is -0.372 e. The smallest absolute Gasteiger partial charge is 0.257 e. The first-order valence-electron chi connectivity index (χ1n) is 9.78. The van der Waals surface area contributed by atoms with Gasteiger partial charge in [0.2, 0.25) is 0 Å². The van der Waals surface area contributed by atoms with Gasteiger partial charge < -0.3 is 19.5 Å². The third kappa shape index (κ3) is 3.72. The first-order valence-corrected chi connectivity index (χ1v) is 9.78. The van der Waals surface area contributed by atoms with Crippen molar-refractivity contribution in [2.75, 3.05) is 23.3 Å². The number of ether oxygens (including phenoxy) is 1. The zero-order valence-corrected chi connectivity index (χ0v) is 16.5. The van der Waals surface area contributed by atoms with Crippen LogP contribution >= 0.6 is 0 Å². The Hall–Kier alpha value is -2.34. The molecule has 0 bridgehead atoms. The highest BCUT2D eigenvalue weighted by Crippen LogP contribution is 2.38. The maximum Gasteiger partial charge on any atom is 0.257 e. The van der Waals surface area contributed by atoms with Crippen LogP contribution in [0.1, 0.15) is 54.5 Å². The lowest BCUT2D eigenvalue weighted by Gasteiger charge is -2.36. The van der Waals surface area contributed by atoms with E-state index >= 15 is 0 Å². The summed E-state index contributed by atoms with van der Waals surface area (Å²) in [6.45, 7) is 9.92. The van der Waals surface area contributed by atoms with E-state index in [1.54, 1.807) is 6.20 Å². The lowest BCUT2D eigenvalue weighted by atomic mass is 10.2. The molecule has 4 rings (SSSR count). The van der Waals surface area contributed by atoms with Gasteiger partial charge in [0, 0.05) is 30.5 Å². The number of amides is 1. The van der Waals surface area contributed by atoms with E-state index in [0.29, 0.717) is 11.7 Å². The summed E-state index contributed by atoms with van der Waals surface area (Å²) in [5.74, 6) is 0.847. The molecule has 1 aliphatic heterocycles. The molecule has 0 spiro atoms. The highest BCUT2D eigenvalue weighted by atomic mass is 16.5. The van der Waals surface area contributed by atoms with Crippen LogP contribution in [0.3, 0.4) is 0 Å². The lowest BCUT2D eigenvalue weighted by Crippen LogP contribution is -2.45. The number of hydrogen-bond donors (Lipinski definition) is 1. The summed E-state index contributed by atoms with van der Waals surface area (Å²) in [5.41, 5.74) is 3.67. The molecule has 144 valence electrons. The van der Waals surface area contributed by atoms with Crippen LogP contribution in [0.5, 0.6) is 0 Å². The Kier molecular flexibility index (Phi) is 4.68. The summed E-state index contributed by atoms with van der Waals surface area (Å²) in [6, 6.07) is 6.45. The molecule has 2 aromatic rings. The van der Waals surface area contributed by atoms with Gasteiger partial charge in [0.05, 0.1) is 29.7 Å². The van der Waals surface area contributed by atoms with Gasteiger partial charge in [-0.3, -0.25) is 4.79 Å². The van der Waals surface area contributed by atoms with Crippen molar-refractivity contribution in [3.05, 3.63) is 41.3 Å². The average Bonchev–Trinajstić information content (AvgIpc) is 3.39. The van der Waals surface area contributed by atoms with Crippen LogP contribution in [0, 0.1) is 13.8 Å². The van der Waals surface area contributed by atoms with E-state index in [0.717, 1.165) is 35.9 Å². The maximum absolute atomic E-state index is 12.7. The molecule has 2 aliphatic rings. The number of pyridine rings is 1. The number of aromatic nitrogens is 2. The van der Waals surface area contributed by atoms with Gasteiger partial charge >= 0.3 is 0 Å². The Labute approximate surface area is 160 Å². The number of rotatable bonds is 4. The van der Waals surface area contributed by atoms with Gasteiger partial charge in [0.25, 0.3) is 5.91 Å². The van der Waals surface area contributed by atoms with Crippen molar-refractivity contribution in [3.8, 4) is 0 Å². The third-order valence-electron chi connectivity index (χ3n) is 5.39. The van der Waals surface area contributed by atoms with E-state index in [2.05, 4.69) is 40.5 Å². The van der Waals surface area contributed by atoms with Crippen molar-refractivity contribution < 1.29 is 9.53 Å². The number of carbonyl (C=O) groups is 1. The van der Waals surface area contributed by atoms with Gasteiger partial charge in [-0.2, -0.15) is 0 Å². The molecular formula is C21H28N4O2. The quantitative estimate of drug-likeness (QED) is 0.894. The third-order valence-corrected chi connectivity index (χ3v) is 5.39. The van der Waals surface area contributed by atoms with E-state index in [9.17, 15) is 4.79 Å². The van der Waals surface area contributed by atoms with Gasteiger partial charge in [-0.15, -0.1) is 0 Å². The van der Waals surface area contributed by atoms with Gasteiger partial charge in [-0.1, -0.05) is 0 Å². The molecule has 6 nitrogen and oxygen atoms in total. The second-order valence-corrected chi connectivity index (χ2v) is 7.91. The van der Waals surface area contributed by atoms with Crippen molar-refractivity contribution in [2.24, 2.45) is 0 Å². The second kappa shape index (κ2) is 7.00. The number of carbonyl (C=O) groups excluding carboxylic acids is 1. The zero-order valence-electron chi connectivity index (χ0n) is 16.5.